The first-order valence-corrected chi connectivity index (χ1v) is 11.0. The van der Waals surface area contributed by atoms with Gasteiger partial charge in [-0.3, -0.25) is 4.72 Å². The van der Waals surface area contributed by atoms with Crippen molar-refractivity contribution in [2.75, 3.05) is 17.8 Å². The van der Waals surface area contributed by atoms with Crippen LogP contribution < -0.4 is 4.72 Å². The molecule has 0 atom stereocenters. The Labute approximate surface area is 154 Å². The molecule has 8 nitrogen and oxygen atoms in total. The van der Waals surface area contributed by atoms with Gasteiger partial charge in [-0.1, -0.05) is 25.1 Å². The number of aryl methyl sites for hydroxylation is 3. The highest BCUT2D eigenvalue weighted by atomic mass is 32.2. The van der Waals surface area contributed by atoms with Gasteiger partial charge in [0.05, 0.1) is 10.6 Å². The summed E-state index contributed by atoms with van der Waals surface area (Å²) in [6, 6.07) is 4.42. The Morgan fingerprint density at radius 3 is 2.19 bits per heavy atom. The van der Waals surface area contributed by atoms with E-state index in [2.05, 4.69) is 9.88 Å². The number of hydrogen-bond donors (Lipinski definition) is 1. The summed E-state index contributed by atoms with van der Waals surface area (Å²) in [6.45, 7) is 8.85. The van der Waals surface area contributed by atoms with Crippen LogP contribution in [0.25, 0.3) is 0 Å². The van der Waals surface area contributed by atoms with E-state index in [1.54, 1.807) is 26.8 Å². The third-order valence-electron chi connectivity index (χ3n) is 4.00. The SMILES string of the molecule is CCN(CC)S(=O)(=O)c1cc(NS(=O)(=O)c2c(C)noc2C)ccc1C. The summed E-state index contributed by atoms with van der Waals surface area (Å²) < 4.78 is 59.5. The zero-order valence-electron chi connectivity index (χ0n) is 15.4. The third kappa shape index (κ3) is 3.76. The van der Waals surface area contributed by atoms with Crippen LogP contribution in [0.15, 0.2) is 32.5 Å². The first kappa shape index (κ1) is 20.4. The molecule has 10 heteroatoms. The van der Waals surface area contributed by atoms with Crippen molar-refractivity contribution < 1.29 is 21.4 Å². The van der Waals surface area contributed by atoms with Crippen molar-refractivity contribution in [1.29, 1.82) is 0 Å². The standard InChI is InChI=1S/C16H23N3O5S2/c1-6-19(7-2)26(22,23)15-10-14(9-8-11(15)3)18-25(20,21)16-12(4)17-24-13(16)5/h8-10,18H,6-7H2,1-5H3. The molecule has 0 aliphatic carbocycles. The molecular weight excluding hydrogens is 378 g/mol. The number of sulfonamides is 2. The highest BCUT2D eigenvalue weighted by Crippen LogP contribution is 2.27. The molecule has 0 radical (unpaired) electrons. The molecule has 0 fully saturated rings. The zero-order chi connectivity index (χ0) is 19.7. The van der Waals surface area contributed by atoms with Crippen molar-refractivity contribution in [2.45, 2.75) is 44.4 Å². The van der Waals surface area contributed by atoms with Crippen molar-refractivity contribution in [2.24, 2.45) is 0 Å². The maximum Gasteiger partial charge on any atom is 0.267 e. The summed E-state index contributed by atoms with van der Waals surface area (Å²) in [5.41, 5.74) is 0.927. The number of rotatable bonds is 7. The molecule has 26 heavy (non-hydrogen) atoms. The second-order valence-electron chi connectivity index (χ2n) is 5.83. The summed E-state index contributed by atoms with van der Waals surface area (Å²) in [5, 5.41) is 3.64. The first-order valence-electron chi connectivity index (χ1n) is 8.11. The Kier molecular flexibility index (Phi) is 5.79. The van der Waals surface area contributed by atoms with Crippen molar-refractivity contribution in [1.82, 2.24) is 9.46 Å². The first-order chi connectivity index (χ1) is 12.0. The highest BCUT2D eigenvalue weighted by molar-refractivity contribution is 7.92. The molecule has 2 aromatic rings. The van der Waals surface area contributed by atoms with Gasteiger partial charge in [-0.2, -0.15) is 4.31 Å². The minimum Gasteiger partial charge on any atom is -0.360 e. The molecule has 0 saturated heterocycles. The Hall–Kier alpha value is -1.91. The van der Waals surface area contributed by atoms with Crippen LogP contribution >= 0.6 is 0 Å². The van der Waals surface area contributed by atoms with Crippen molar-refractivity contribution >= 4 is 25.7 Å². The van der Waals surface area contributed by atoms with E-state index < -0.39 is 20.0 Å². The van der Waals surface area contributed by atoms with Crippen LogP contribution in [-0.4, -0.2) is 39.4 Å². The number of nitrogens with one attached hydrogen (secondary N) is 1. The van der Waals surface area contributed by atoms with Crippen LogP contribution in [0, 0.1) is 20.8 Å². The molecule has 0 bridgehead atoms. The van der Waals surface area contributed by atoms with Gasteiger partial charge in [-0.05, 0) is 38.5 Å². The van der Waals surface area contributed by atoms with Gasteiger partial charge in [0.25, 0.3) is 10.0 Å². The van der Waals surface area contributed by atoms with Crippen LogP contribution in [0.3, 0.4) is 0 Å². The Morgan fingerprint density at radius 1 is 1.08 bits per heavy atom. The van der Waals surface area contributed by atoms with Gasteiger partial charge in [0.1, 0.15) is 5.69 Å². The summed E-state index contributed by atoms with van der Waals surface area (Å²) in [7, 11) is -7.66. The van der Waals surface area contributed by atoms with E-state index in [9.17, 15) is 16.8 Å². The largest absolute Gasteiger partial charge is 0.360 e. The normalized spacial score (nSPS) is 12.5. The fourth-order valence-corrected chi connectivity index (χ4v) is 5.80. The van der Waals surface area contributed by atoms with Crippen LogP contribution in [0.1, 0.15) is 30.9 Å². The van der Waals surface area contributed by atoms with E-state index in [1.807, 2.05) is 0 Å². The molecule has 2 rings (SSSR count). The quantitative estimate of drug-likeness (QED) is 0.763. The van der Waals surface area contributed by atoms with Crippen molar-refractivity contribution in [3.05, 3.63) is 35.2 Å². The molecule has 0 aliphatic rings. The molecule has 1 aromatic carbocycles. The van der Waals surface area contributed by atoms with Crippen LogP contribution in [-0.2, 0) is 20.0 Å². The smallest absolute Gasteiger partial charge is 0.267 e. The van der Waals surface area contributed by atoms with Crippen molar-refractivity contribution in [3.63, 3.8) is 0 Å². The second-order valence-corrected chi connectivity index (χ2v) is 9.35. The Morgan fingerprint density at radius 2 is 1.69 bits per heavy atom. The van der Waals surface area contributed by atoms with E-state index in [4.69, 9.17) is 4.52 Å². The number of nitrogens with zero attached hydrogens (tertiary/aromatic N) is 2. The van der Waals surface area contributed by atoms with Crippen LogP contribution in [0.4, 0.5) is 5.69 Å². The molecule has 0 amide bonds. The predicted molar refractivity (Wildman–Crippen MR) is 98.1 cm³/mol. The van der Waals surface area contributed by atoms with E-state index >= 15 is 0 Å². The summed E-state index contributed by atoms with van der Waals surface area (Å²) in [5.74, 6) is 0.165. The minimum absolute atomic E-state index is 0.0498. The van der Waals surface area contributed by atoms with Gasteiger partial charge >= 0.3 is 0 Å². The molecule has 1 N–H and O–H groups in total. The number of aromatic nitrogens is 1. The average molecular weight is 402 g/mol. The fourth-order valence-electron chi connectivity index (χ4n) is 2.71. The summed E-state index contributed by atoms with van der Waals surface area (Å²) in [6.07, 6.45) is 0. The van der Waals surface area contributed by atoms with E-state index in [0.29, 0.717) is 18.7 Å². The number of hydrogen-bond acceptors (Lipinski definition) is 6. The lowest BCUT2D eigenvalue weighted by atomic mass is 10.2. The van der Waals surface area contributed by atoms with Crippen LogP contribution in [0.2, 0.25) is 0 Å². The summed E-state index contributed by atoms with van der Waals surface area (Å²) in [4.78, 5) is 0.0198. The monoisotopic (exact) mass is 401 g/mol. The van der Waals surface area contributed by atoms with Crippen molar-refractivity contribution in [3.8, 4) is 0 Å². The second kappa shape index (κ2) is 7.37. The number of anilines is 1. The lowest BCUT2D eigenvalue weighted by Crippen LogP contribution is -2.31. The van der Waals surface area contributed by atoms with Crippen LogP contribution in [0.5, 0.6) is 0 Å². The maximum atomic E-state index is 12.8. The molecule has 0 spiro atoms. The molecule has 1 heterocycles. The lowest BCUT2D eigenvalue weighted by Gasteiger charge is -2.20. The minimum atomic E-state index is -3.95. The van der Waals surface area contributed by atoms with Gasteiger partial charge in [0, 0.05) is 13.1 Å². The van der Waals surface area contributed by atoms with Gasteiger partial charge in [-0.25, -0.2) is 16.8 Å². The topological polar surface area (TPSA) is 110 Å². The van der Waals surface area contributed by atoms with Gasteiger partial charge in [0.15, 0.2) is 10.7 Å². The van der Waals surface area contributed by atoms with E-state index in [1.165, 1.54) is 30.3 Å². The predicted octanol–water partition coefficient (Wildman–Crippen LogP) is 2.43. The zero-order valence-corrected chi connectivity index (χ0v) is 17.0. The van der Waals surface area contributed by atoms with E-state index in [-0.39, 0.29) is 26.9 Å². The molecule has 0 saturated carbocycles. The Balaban J connectivity index is 2.48. The number of benzene rings is 1. The molecule has 1 aromatic heterocycles. The van der Waals surface area contributed by atoms with Gasteiger partial charge in [-0.15, -0.1) is 0 Å². The summed E-state index contributed by atoms with van der Waals surface area (Å²) >= 11 is 0. The van der Waals surface area contributed by atoms with Gasteiger partial charge in [0.2, 0.25) is 10.0 Å². The van der Waals surface area contributed by atoms with E-state index in [0.717, 1.165) is 0 Å². The maximum absolute atomic E-state index is 12.8. The molecule has 0 unspecified atom stereocenters. The molecule has 0 aliphatic heterocycles. The van der Waals surface area contributed by atoms with Gasteiger partial charge < -0.3 is 4.52 Å². The molecule has 144 valence electrons. The third-order valence-corrected chi connectivity index (χ3v) is 7.82. The molecular formula is C16H23N3O5S2. The lowest BCUT2D eigenvalue weighted by molar-refractivity contribution is 0.390. The highest BCUT2D eigenvalue weighted by Gasteiger charge is 2.27. The Bertz CT molecular complexity index is 987. The fraction of sp³-hybridized carbons (Fsp3) is 0.438. The average Bonchev–Trinajstić information content (AvgIpc) is 2.89.